The molecule has 5 N–H and O–H groups in total. The van der Waals surface area contributed by atoms with Crippen LogP contribution in [0.1, 0.15) is 17.2 Å². The van der Waals surface area contributed by atoms with Crippen LogP contribution in [0.15, 0.2) is 54.7 Å². The molecule has 1 aromatic heterocycles. The number of aryl methyl sites for hydroxylation is 1. The van der Waals surface area contributed by atoms with Crippen LogP contribution in [0.4, 0.5) is 0 Å². The number of pyridine rings is 1. The molecule has 2 heterocycles. The van der Waals surface area contributed by atoms with E-state index in [1.54, 1.807) is 12.3 Å². The summed E-state index contributed by atoms with van der Waals surface area (Å²) in [5, 5.41) is 51.5. The second kappa shape index (κ2) is 8.39. The van der Waals surface area contributed by atoms with Gasteiger partial charge < -0.3 is 30.3 Å². The molecule has 7 nitrogen and oxygen atoms in total. The molecule has 0 amide bonds. The third-order valence-corrected chi connectivity index (χ3v) is 5.77. The topological polar surface area (TPSA) is 123 Å². The minimum absolute atomic E-state index is 0.530. The van der Waals surface area contributed by atoms with Crippen LogP contribution in [-0.2, 0) is 4.74 Å². The van der Waals surface area contributed by atoms with Crippen molar-refractivity contribution in [2.75, 3.05) is 6.61 Å². The molecule has 0 aliphatic carbocycles. The third-order valence-electron chi connectivity index (χ3n) is 5.77. The van der Waals surface area contributed by atoms with Gasteiger partial charge in [-0.05, 0) is 41.3 Å². The number of benzene rings is 2. The van der Waals surface area contributed by atoms with Crippen LogP contribution in [0.25, 0.3) is 22.0 Å². The summed E-state index contributed by atoms with van der Waals surface area (Å²) in [6, 6.07) is 15.4. The van der Waals surface area contributed by atoms with Crippen LogP contribution in [0.3, 0.4) is 0 Å². The molecular formula is C23H25NO6. The van der Waals surface area contributed by atoms with Crippen molar-refractivity contribution < 1.29 is 30.3 Å². The van der Waals surface area contributed by atoms with Crippen molar-refractivity contribution in [3.05, 3.63) is 65.9 Å². The molecule has 1 aliphatic heterocycles. The molecule has 0 spiro atoms. The molecule has 1 saturated heterocycles. The first-order valence-corrected chi connectivity index (χ1v) is 9.85. The quantitative estimate of drug-likeness (QED) is 0.435. The molecule has 1 aliphatic rings. The number of aliphatic hydroxyl groups excluding tert-OH is 5. The summed E-state index contributed by atoms with van der Waals surface area (Å²) in [7, 11) is 0. The van der Waals surface area contributed by atoms with Crippen LogP contribution in [-0.4, -0.2) is 67.6 Å². The van der Waals surface area contributed by atoms with E-state index in [2.05, 4.69) is 4.98 Å². The number of aliphatic hydroxyl groups is 5. The minimum Gasteiger partial charge on any atom is -0.394 e. The second-order valence-corrected chi connectivity index (χ2v) is 7.72. The lowest BCUT2D eigenvalue weighted by molar-refractivity contribution is -0.250. The number of aromatic nitrogens is 1. The Kier molecular flexibility index (Phi) is 5.84. The van der Waals surface area contributed by atoms with Gasteiger partial charge in [-0.15, -0.1) is 0 Å². The average molecular weight is 411 g/mol. The Bertz CT molecular complexity index is 1040. The second-order valence-electron chi connectivity index (χ2n) is 7.72. The molecule has 0 bridgehead atoms. The molecule has 7 heteroatoms. The number of fused-ring (bicyclic) bond motifs is 1. The Balaban J connectivity index is 1.62. The first kappa shape index (κ1) is 20.9. The number of rotatable bonds is 4. The van der Waals surface area contributed by atoms with Crippen molar-refractivity contribution in [2.45, 2.75) is 43.5 Å². The molecule has 6 atom stereocenters. The van der Waals surface area contributed by atoms with Crippen molar-refractivity contribution in [1.82, 2.24) is 4.98 Å². The smallest absolute Gasteiger partial charge is 0.117 e. The zero-order chi connectivity index (χ0) is 21.4. The van der Waals surface area contributed by atoms with Gasteiger partial charge in [-0.3, -0.25) is 4.98 Å². The maximum Gasteiger partial charge on any atom is 0.117 e. The maximum atomic E-state index is 10.8. The summed E-state index contributed by atoms with van der Waals surface area (Å²) in [4.78, 5) is 4.38. The van der Waals surface area contributed by atoms with E-state index < -0.39 is 43.2 Å². The van der Waals surface area contributed by atoms with Crippen LogP contribution in [0.2, 0.25) is 0 Å². The van der Waals surface area contributed by atoms with Crippen molar-refractivity contribution in [1.29, 1.82) is 0 Å². The van der Waals surface area contributed by atoms with E-state index >= 15 is 0 Å². The Morgan fingerprint density at radius 2 is 1.70 bits per heavy atom. The van der Waals surface area contributed by atoms with Gasteiger partial charge in [-0.25, -0.2) is 0 Å². The summed E-state index contributed by atoms with van der Waals surface area (Å²) < 4.78 is 5.50. The summed E-state index contributed by atoms with van der Waals surface area (Å²) in [6.07, 6.45) is -6.23. The molecule has 0 radical (unpaired) electrons. The first-order chi connectivity index (χ1) is 14.4. The molecule has 3 aromatic rings. The monoisotopic (exact) mass is 411 g/mol. The largest absolute Gasteiger partial charge is 0.394 e. The lowest BCUT2D eigenvalue weighted by Crippen LogP contribution is -2.59. The van der Waals surface area contributed by atoms with Gasteiger partial charge in [0, 0.05) is 11.6 Å². The zero-order valence-electron chi connectivity index (χ0n) is 16.5. The van der Waals surface area contributed by atoms with Crippen molar-refractivity contribution in [3.63, 3.8) is 0 Å². The third kappa shape index (κ3) is 3.72. The van der Waals surface area contributed by atoms with E-state index in [1.807, 2.05) is 49.4 Å². The molecular weight excluding hydrogens is 386 g/mol. The van der Waals surface area contributed by atoms with Crippen molar-refractivity contribution >= 4 is 10.9 Å². The number of nitrogens with zero attached hydrogens (tertiary/aromatic N) is 1. The van der Waals surface area contributed by atoms with E-state index in [9.17, 15) is 25.5 Å². The van der Waals surface area contributed by atoms with Crippen LogP contribution >= 0.6 is 0 Å². The van der Waals surface area contributed by atoms with Crippen LogP contribution in [0.5, 0.6) is 0 Å². The van der Waals surface area contributed by atoms with E-state index in [0.717, 1.165) is 27.6 Å². The molecule has 1 fully saturated rings. The van der Waals surface area contributed by atoms with Crippen molar-refractivity contribution in [2.24, 2.45) is 0 Å². The molecule has 2 aromatic carbocycles. The van der Waals surface area contributed by atoms with E-state index in [-0.39, 0.29) is 0 Å². The number of hydrogen-bond donors (Lipinski definition) is 5. The van der Waals surface area contributed by atoms with Gasteiger partial charge in [0.25, 0.3) is 0 Å². The fourth-order valence-corrected chi connectivity index (χ4v) is 4.00. The zero-order valence-corrected chi connectivity index (χ0v) is 16.5. The normalized spacial score (nSPS) is 27.9. The van der Waals surface area contributed by atoms with Crippen LogP contribution < -0.4 is 0 Å². The highest BCUT2D eigenvalue weighted by Gasteiger charge is 2.46. The molecule has 158 valence electrons. The highest BCUT2D eigenvalue weighted by atomic mass is 16.6. The predicted octanol–water partition coefficient (Wildman–Crippen LogP) is 1.09. The highest BCUT2D eigenvalue weighted by Crippen LogP contribution is 2.33. The Labute approximate surface area is 173 Å². The van der Waals surface area contributed by atoms with Crippen molar-refractivity contribution in [3.8, 4) is 11.1 Å². The van der Waals surface area contributed by atoms with E-state index in [1.165, 1.54) is 0 Å². The minimum atomic E-state index is -1.53. The van der Waals surface area contributed by atoms with Gasteiger partial charge in [-0.1, -0.05) is 36.4 Å². The first-order valence-electron chi connectivity index (χ1n) is 9.85. The van der Waals surface area contributed by atoms with E-state index in [0.29, 0.717) is 5.56 Å². The highest BCUT2D eigenvalue weighted by molar-refractivity contribution is 5.84. The average Bonchev–Trinajstić information content (AvgIpc) is 2.77. The molecule has 4 rings (SSSR count). The fourth-order valence-electron chi connectivity index (χ4n) is 4.00. The Hall–Kier alpha value is -2.39. The van der Waals surface area contributed by atoms with Gasteiger partial charge in [0.2, 0.25) is 0 Å². The molecule has 30 heavy (non-hydrogen) atoms. The van der Waals surface area contributed by atoms with Gasteiger partial charge >= 0.3 is 0 Å². The molecule has 3 unspecified atom stereocenters. The summed E-state index contributed by atoms with van der Waals surface area (Å²) in [5.74, 6) is 0. The van der Waals surface area contributed by atoms with Crippen LogP contribution in [0, 0.1) is 6.92 Å². The Morgan fingerprint density at radius 1 is 0.967 bits per heavy atom. The lowest BCUT2D eigenvalue weighted by Gasteiger charge is -2.42. The van der Waals surface area contributed by atoms with Gasteiger partial charge in [0.05, 0.1) is 12.1 Å². The summed E-state index contributed by atoms with van der Waals surface area (Å²) in [5.41, 5.74) is 4.13. The summed E-state index contributed by atoms with van der Waals surface area (Å²) in [6.45, 7) is 1.30. The maximum absolute atomic E-state index is 10.8. The summed E-state index contributed by atoms with van der Waals surface area (Å²) >= 11 is 0. The molecule has 0 saturated carbocycles. The van der Waals surface area contributed by atoms with Gasteiger partial charge in [-0.2, -0.15) is 0 Å². The van der Waals surface area contributed by atoms with Gasteiger partial charge in [0.15, 0.2) is 0 Å². The Morgan fingerprint density at radius 3 is 2.43 bits per heavy atom. The fraction of sp³-hybridized carbons (Fsp3) is 0.348. The predicted molar refractivity (Wildman–Crippen MR) is 111 cm³/mol. The van der Waals surface area contributed by atoms with E-state index in [4.69, 9.17) is 4.74 Å². The lowest BCUT2D eigenvalue weighted by atomic mass is 9.88. The number of ether oxygens (including phenoxy) is 1. The standard InChI is InChI=1S/C23H25NO6/c1-12-9-14(15-5-4-13-3-2-8-24-17(13)10-15)6-7-16(12)19(26)23-22(29)21(28)20(27)18(11-25)30-23/h2-10,18-23,25-29H,11H2,1H3/t18?,19-,20-,21?,22?,23-/m1/s1. The number of hydrogen-bond acceptors (Lipinski definition) is 7. The SMILES string of the molecule is Cc1cc(-c2ccc3cccnc3c2)ccc1[C@@H](O)[C@H]1OC(CO)[C@@H](O)C(O)C1O. The van der Waals surface area contributed by atoms with Gasteiger partial charge in [0.1, 0.15) is 36.6 Å².